The van der Waals surface area contributed by atoms with Gasteiger partial charge in [-0.3, -0.25) is 0 Å². The van der Waals surface area contributed by atoms with Crippen molar-refractivity contribution < 1.29 is 14.6 Å². The third kappa shape index (κ3) is 5.82. The molecule has 0 aliphatic heterocycles. The summed E-state index contributed by atoms with van der Waals surface area (Å²) in [4.78, 5) is 14.8. The molecule has 0 saturated heterocycles. The van der Waals surface area contributed by atoms with E-state index < -0.39 is 17.7 Å². The molecule has 0 aliphatic carbocycles. The van der Waals surface area contributed by atoms with E-state index in [0.717, 1.165) is 47.0 Å². The Labute approximate surface area is 198 Å². The summed E-state index contributed by atoms with van der Waals surface area (Å²) in [5, 5.41) is 12.6. The number of rotatable bonds is 8. The smallest absolute Gasteiger partial charge is 0.337 e. The minimum Gasteiger partial charge on any atom is -0.479 e. The molecule has 3 aromatic rings. The summed E-state index contributed by atoms with van der Waals surface area (Å²) in [6, 6.07) is 16.7. The minimum absolute atomic E-state index is 0.600. The highest BCUT2D eigenvalue weighted by molar-refractivity contribution is 6.02. The first-order valence-corrected chi connectivity index (χ1v) is 11.7. The van der Waals surface area contributed by atoms with Gasteiger partial charge in [0.25, 0.3) is 0 Å². The number of hydrogen-bond acceptors (Lipinski definition) is 3. The third-order valence-electron chi connectivity index (χ3n) is 5.98. The van der Waals surface area contributed by atoms with Crippen LogP contribution in [0, 0.1) is 13.8 Å². The zero-order valence-electron chi connectivity index (χ0n) is 21.0. The molecule has 0 amide bonds. The molecule has 0 bridgehead atoms. The van der Waals surface area contributed by atoms with Gasteiger partial charge in [-0.15, -0.1) is 0 Å². The van der Waals surface area contributed by atoms with Crippen molar-refractivity contribution in [3.63, 3.8) is 0 Å². The molecule has 0 heterocycles. The highest BCUT2D eigenvalue weighted by Crippen LogP contribution is 2.43. The van der Waals surface area contributed by atoms with E-state index in [1.165, 1.54) is 16.5 Å². The van der Waals surface area contributed by atoms with Crippen molar-refractivity contribution in [2.24, 2.45) is 0 Å². The second-order valence-corrected chi connectivity index (χ2v) is 10.2. The van der Waals surface area contributed by atoms with Crippen molar-refractivity contribution in [2.45, 2.75) is 59.2 Å². The lowest BCUT2D eigenvalue weighted by atomic mass is 9.82. The van der Waals surface area contributed by atoms with Gasteiger partial charge in [0.2, 0.25) is 0 Å². The van der Waals surface area contributed by atoms with Crippen LogP contribution in [0.4, 0.5) is 0 Å². The molecule has 1 atom stereocenters. The zero-order chi connectivity index (χ0) is 24.3. The topological polar surface area (TPSA) is 49.8 Å². The van der Waals surface area contributed by atoms with Crippen LogP contribution in [-0.2, 0) is 16.0 Å². The van der Waals surface area contributed by atoms with Crippen LogP contribution in [0.1, 0.15) is 55.5 Å². The van der Waals surface area contributed by atoms with Gasteiger partial charge in [-0.1, -0.05) is 54.1 Å². The van der Waals surface area contributed by atoms with Crippen molar-refractivity contribution in [1.29, 1.82) is 0 Å². The van der Waals surface area contributed by atoms with Crippen LogP contribution in [0.15, 0.2) is 48.5 Å². The standard InChI is InChI=1S/C29H37NO3/c1-19-14-16-21(17-15-19)26-24-12-9-8-11-23(24)22(13-10-18-30(6)7)20(2)25(26)27(28(31)32)33-29(3,4)5/h8-9,11-12,14-17,27H,10,13,18H2,1-7H3,(H,31,32). The maximum Gasteiger partial charge on any atom is 0.337 e. The Morgan fingerprint density at radius 2 is 1.61 bits per heavy atom. The van der Waals surface area contributed by atoms with Crippen molar-refractivity contribution in [2.75, 3.05) is 20.6 Å². The number of nitrogens with zero attached hydrogens (tertiary/aromatic N) is 1. The van der Waals surface area contributed by atoms with Gasteiger partial charge < -0.3 is 14.7 Å². The highest BCUT2D eigenvalue weighted by Gasteiger charge is 2.32. The van der Waals surface area contributed by atoms with Crippen LogP contribution in [0.5, 0.6) is 0 Å². The number of carboxylic acid groups (broad SMARTS) is 1. The SMILES string of the molecule is Cc1ccc(-c2c(C(OC(C)(C)C)C(=O)O)c(C)c(CCCN(C)C)c3ccccc23)cc1. The number of benzene rings is 3. The van der Waals surface area contributed by atoms with Crippen LogP contribution in [-0.4, -0.2) is 42.2 Å². The lowest BCUT2D eigenvalue weighted by molar-refractivity contribution is -0.160. The van der Waals surface area contributed by atoms with Gasteiger partial charge in [-0.25, -0.2) is 4.79 Å². The number of carboxylic acids is 1. The molecule has 4 heteroatoms. The normalized spacial score (nSPS) is 13.0. The molecule has 1 unspecified atom stereocenters. The van der Waals surface area contributed by atoms with Gasteiger partial charge in [-0.05, 0) is 101 Å². The first-order valence-electron chi connectivity index (χ1n) is 11.7. The molecular formula is C29H37NO3. The Kier molecular flexibility index (Phi) is 7.61. The van der Waals surface area contributed by atoms with Gasteiger partial charge in [0.1, 0.15) is 0 Å². The largest absolute Gasteiger partial charge is 0.479 e. The zero-order valence-corrected chi connectivity index (χ0v) is 21.0. The quantitative estimate of drug-likeness (QED) is 0.425. The molecule has 0 aromatic heterocycles. The Bertz CT molecular complexity index is 1120. The van der Waals surface area contributed by atoms with Crippen molar-refractivity contribution in [1.82, 2.24) is 4.90 Å². The summed E-state index contributed by atoms with van der Waals surface area (Å²) >= 11 is 0. The molecule has 3 rings (SSSR count). The summed E-state index contributed by atoms with van der Waals surface area (Å²) in [5.41, 5.74) is 5.52. The van der Waals surface area contributed by atoms with E-state index >= 15 is 0 Å². The molecule has 3 aromatic carbocycles. The predicted molar refractivity (Wildman–Crippen MR) is 137 cm³/mol. The fourth-order valence-electron chi connectivity index (χ4n) is 4.50. The van der Waals surface area contributed by atoms with Gasteiger partial charge in [-0.2, -0.15) is 0 Å². The second kappa shape index (κ2) is 10.1. The van der Waals surface area contributed by atoms with Gasteiger partial charge in [0.15, 0.2) is 6.10 Å². The fourth-order valence-corrected chi connectivity index (χ4v) is 4.50. The average molecular weight is 448 g/mol. The van der Waals surface area contributed by atoms with E-state index in [1.807, 2.05) is 26.8 Å². The molecule has 176 valence electrons. The van der Waals surface area contributed by atoms with Gasteiger partial charge in [0.05, 0.1) is 5.60 Å². The maximum absolute atomic E-state index is 12.6. The Morgan fingerprint density at radius 1 is 1.00 bits per heavy atom. The Morgan fingerprint density at radius 3 is 2.15 bits per heavy atom. The Balaban J connectivity index is 2.37. The number of carbonyl (C=O) groups is 1. The lowest BCUT2D eigenvalue weighted by Crippen LogP contribution is -2.28. The van der Waals surface area contributed by atoms with Crippen molar-refractivity contribution >= 4 is 16.7 Å². The van der Waals surface area contributed by atoms with E-state index in [1.54, 1.807) is 0 Å². The molecule has 4 nitrogen and oxygen atoms in total. The predicted octanol–water partition coefficient (Wildman–Crippen LogP) is 6.56. The van der Waals surface area contributed by atoms with Crippen molar-refractivity contribution in [3.8, 4) is 11.1 Å². The van der Waals surface area contributed by atoms with E-state index in [-0.39, 0.29) is 0 Å². The molecule has 0 saturated carbocycles. The average Bonchev–Trinajstić information content (AvgIpc) is 2.73. The second-order valence-electron chi connectivity index (χ2n) is 10.2. The molecule has 0 spiro atoms. The van der Waals surface area contributed by atoms with Crippen LogP contribution < -0.4 is 0 Å². The first-order chi connectivity index (χ1) is 15.5. The molecule has 0 radical (unpaired) electrons. The summed E-state index contributed by atoms with van der Waals surface area (Å²) in [7, 11) is 4.16. The number of aliphatic carboxylic acids is 1. The summed E-state index contributed by atoms with van der Waals surface area (Å²) < 4.78 is 6.19. The fraction of sp³-hybridized carbons (Fsp3) is 0.414. The summed E-state index contributed by atoms with van der Waals surface area (Å²) in [6.07, 6.45) is 0.825. The third-order valence-corrected chi connectivity index (χ3v) is 5.98. The number of ether oxygens (including phenoxy) is 1. The molecular weight excluding hydrogens is 410 g/mol. The van der Waals surface area contributed by atoms with E-state index in [9.17, 15) is 9.90 Å². The lowest BCUT2D eigenvalue weighted by Gasteiger charge is -2.30. The molecule has 0 fully saturated rings. The van der Waals surface area contributed by atoms with Crippen LogP contribution in [0.25, 0.3) is 21.9 Å². The summed E-state index contributed by atoms with van der Waals surface area (Å²) in [5.74, 6) is -0.962. The van der Waals surface area contributed by atoms with Crippen LogP contribution in [0.3, 0.4) is 0 Å². The first kappa shape index (κ1) is 24.9. The molecule has 33 heavy (non-hydrogen) atoms. The van der Waals surface area contributed by atoms with E-state index in [4.69, 9.17) is 4.74 Å². The number of hydrogen-bond donors (Lipinski definition) is 1. The maximum atomic E-state index is 12.6. The van der Waals surface area contributed by atoms with Gasteiger partial charge in [0, 0.05) is 5.56 Å². The van der Waals surface area contributed by atoms with Crippen molar-refractivity contribution in [3.05, 3.63) is 70.8 Å². The molecule has 1 N–H and O–H groups in total. The summed E-state index contributed by atoms with van der Waals surface area (Å²) in [6.45, 7) is 10.8. The Hall–Kier alpha value is -2.69. The van der Waals surface area contributed by atoms with Crippen LogP contribution >= 0.6 is 0 Å². The molecule has 0 aliphatic rings. The highest BCUT2D eigenvalue weighted by atomic mass is 16.5. The van der Waals surface area contributed by atoms with E-state index in [0.29, 0.717) is 0 Å². The number of fused-ring (bicyclic) bond motifs is 1. The number of aryl methyl sites for hydroxylation is 2. The minimum atomic E-state index is -1.06. The van der Waals surface area contributed by atoms with E-state index in [2.05, 4.69) is 75.3 Å². The monoisotopic (exact) mass is 447 g/mol. The van der Waals surface area contributed by atoms with Crippen LogP contribution in [0.2, 0.25) is 0 Å². The van der Waals surface area contributed by atoms with Gasteiger partial charge >= 0.3 is 5.97 Å².